The van der Waals surface area contributed by atoms with Crippen molar-refractivity contribution in [3.05, 3.63) is 120 Å². The molecule has 0 aromatic heterocycles. The fraction of sp³-hybridized carbons (Fsp3) is 0.636. The van der Waals surface area contributed by atoms with Crippen molar-refractivity contribution in [3.8, 4) is 0 Å². The van der Waals surface area contributed by atoms with Gasteiger partial charge in [-0.25, -0.2) is 24.0 Å². The average molecular weight is 1360 g/mol. The van der Waals surface area contributed by atoms with Crippen molar-refractivity contribution in [1.82, 2.24) is 5.32 Å². The molecule has 20 heteroatoms. The Morgan fingerprint density at radius 2 is 0.887 bits per heavy atom. The Labute approximate surface area is 576 Å². The van der Waals surface area contributed by atoms with E-state index in [9.17, 15) is 38.4 Å². The highest BCUT2D eigenvalue weighted by atomic mass is 16.7. The minimum Gasteiger partial charge on any atom is -0.452 e. The van der Waals surface area contributed by atoms with Gasteiger partial charge < -0.3 is 57.4 Å². The number of hydrogen-bond donors (Lipinski definition) is 1. The van der Waals surface area contributed by atoms with Crippen molar-refractivity contribution in [1.29, 1.82) is 0 Å². The molecule has 1 aliphatic heterocycles. The van der Waals surface area contributed by atoms with Crippen molar-refractivity contribution >= 4 is 47.7 Å². The molecule has 0 saturated carbocycles. The Hall–Kier alpha value is -7.00. The molecule has 4 rings (SSSR count). The Morgan fingerprint density at radius 3 is 1.34 bits per heavy atom. The second kappa shape index (κ2) is 47.9. The molecule has 0 unspecified atom stereocenters. The molecular weight excluding hydrogens is 1240 g/mol. The summed E-state index contributed by atoms with van der Waals surface area (Å²) in [7, 11) is 0. The summed E-state index contributed by atoms with van der Waals surface area (Å²) in [5.74, 6) is -6.14. The lowest BCUT2D eigenvalue weighted by molar-refractivity contribution is -0.308. The van der Waals surface area contributed by atoms with Gasteiger partial charge in [0, 0.05) is 6.42 Å². The zero-order chi connectivity index (χ0) is 70.5. The highest BCUT2D eigenvalue weighted by Crippen LogP contribution is 2.32. The number of nitrogens with one attached hydrogen (secondary N) is 1. The second-order valence-electron chi connectivity index (χ2n) is 26.9. The van der Waals surface area contributed by atoms with Crippen LogP contribution < -0.4 is 5.32 Å². The number of carbonyl (C=O) groups is 8. The Bertz CT molecular complexity index is 2750. The molecule has 3 aromatic carbocycles. The maximum atomic E-state index is 14.4. The largest absolute Gasteiger partial charge is 0.452 e. The van der Waals surface area contributed by atoms with Crippen LogP contribution in [0.1, 0.15) is 253 Å². The predicted molar refractivity (Wildman–Crippen MR) is 368 cm³/mol. The predicted octanol–water partition coefficient (Wildman–Crippen LogP) is 15.2. The molecule has 1 amide bonds. The average Bonchev–Trinajstić information content (AvgIpc) is 0.781. The van der Waals surface area contributed by atoms with Crippen LogP contribution >= 0.6 is 0 Å². The fourth-order valence-electron chi connectivity index (χ4n) is 10.6. The summed E-state index contributed by atoms with van der Waals surface area (Å²) in [6.07, 6.45) is 22.3. The molecular formula is C77H113NO19. The van der Waals surface area contributed by atoms with E-state index in [1.807, 2.05) is 6.08 Å². The second-order valence-corrected chi connectivity index (χ2v) is 26.9. The van der Waals surface area contributed by atoms with E-state index >= 15 is 0 Å². The zero-order valence-corrected chi connectivity index (χ0v) is 59.2. The molecule has 20 nitrogen and oxygen atoms in total. The third-order valence-electron chi connectivity index (χ3n) is 16.3. The number of unbranched alkanes of at least 4 members (excludes halogenated alkanes) is 23. The van der Waals surface area contributed by atoms with Crippen LogP contribution in [0.4, 0.5) is 0 Å². The number of amides is 1. The summed E-state index contributed by atoms with van der Waals surface area (Å²) in [6.45, 7) is 10.0. The molecule has 1 N–H and O–H groups in total. The van der Waals surface area contributed by atoms with Gasteiger partial charge in [0.2, 0.25) is 19.5 Å². The van der Waals surface area contributed by atoms with E-state index in [0.717, 1.165) is 51.4 Å². The van der Waals surface area contributed by atoms with Crippen molar-refractivity contribution in [2.45, 2.75) is 265 Å². The Kier molecular flexibility index (Phi) is 40.7. The van der Waals surface area contributed by atoms with Crippen LogP contribution in [0.5, 0.6) is 0 Å². The van der Waals surface area contributed by atoms with Crippen molar-refractivity contribution in [2.75, 3.05) is 40.0 Å². The van der Waals surface area contributed by atoms with E-state index in [-0.39, 0.29) is 29.0 Å². The standard InChI is InChI=1S/C77H113NO19/c1-9-11-13-15-17-19-21-23-25-27-29-31-42-50-62(94-70(82)58-44-36-33-37-45-58)61(78-64(79)51-43-32-30-28-26-24-22-20-18-16-14-12-10-2)52-89-73-69(97-72(84)60-48-40-35-41-49-60)68(96-71(83)59-46-38-34-39-47-59)67(88-55-66(81)91-57-93-75(86)77(6,7)8)63(95-73)53-87-54-65(80)90-56-92-74(85)76(3,4)5/h33-42,44-50,61-63,67-69,73H,9-32,43,51-57H2,1-8H3,(H,78,79)/b50-42+/t61-,62+,63+,67-,68-,69+,73-/m0/s1. The third-order valence-corrected chi connectivity index (χ3v) is 16.3. The number of benzene rings is 3. The van der Waals surface area contributed by atoms with E-state index in [1.165, 1.54) is 121 Å². The van der Waals surface area contributed by atoms with E-state index in [1.54, 1.807) is 114 Å². The molecule has 1 heterocycles. The van der Waals surface area contributed by atoms with Gasteiger partial charge in [0.05, 0.1) is 46.8 Å². The monoisotopic (exact) mass is 1360 g/mol. The van der Waals surface area contributed by atoms with Gasteiger partial charge in [0.1, 0.15) is 31.5 Å². The molecule has 3 aromatic rings. The lowest BCUT2D eigenvalue weighted by atomic mass is 9.97. The van der Waals surface area contributed by atoms with Gasteiger partial charge >= 0.3 is 41.8 Å². The third kappa shape index (κ3) is 34.9. The molecule has 0 bridgehead atoms. The van der Waals surface area contributed by atoms with Gasteiger partial charge in [-0.2, -0.15) is 0 Å². The highest BCUT2D eigenvalue weighted by molar-refractivity contribution is 5.91. The topological polar surface area (TPSA) is 250 Å². The molecule has 0 spiro atoms. The maximum Gasteiger partial charge on any atom is 0.338 e. The minimum absolute atomic E-state index is 0.0652. The van der Waals surface area contributed by atoms with E-state index in [2.05, 4.69) is 19.2 Å². The van der Waals surface area contributed by atoms with Crippen LogP contribution in [-0.4, -0.2) is 131 Å². The molecule has 1 aliphatic rings. The number of carbonyl (C=O) groups excluding carboxylic acids is 8. The van der Waals surface area contributed by atoms with Gasteiger partial charge in [-0.1, -0.05) is 216 Å². The van der Waals surface area contributed by atoms with E-state index in [4.69, 9.17) is 52.1 Å². The first-order valence-electron chi connectivity index (χ1n) is 35.6. The van der Waals surface area contributed by atoms with Crippen LogP contribution in [0.2, 0.25) is 0 Å². The minimum atomic E-state index is -1.77. The zero-order valence-electron chi connectivity index (χ0n) is 59.2. The molecule has 0 radical (unpaired) electrons. The summed E-state index contributed by atoms with van der Waals surface area (Å²) in [6, 6.07) is 23.1. The Morgan fingerprint density at radius 1 is 0.474 bits per heavy atom. The number of allylic oxidation sites excluding steroid dienone is 1. The SMILES string of the molecule is CCCCCCCCCCCCC/C=C/[C@@H](OC(=O)c1ccccc1)[C@H](CO[C@H]1O[C@H](COCC(=O)OCOC(=O)C(C)(C)C)[C@H](OCC(=O)OCOC(=O)C(C)(C)C)[C@H](OC(=O)c2ccccc2)[C@H]1OC(=O)c1ccccc1)NC(=O)CCCCCCCCCCCCCCC. The summed E-state index contributed by atoms with van der Waals surface area (Å²) in [5, 5.41) is 3.11. The normalized spacial score (nSPS) is 16.9. The number of hydrogen-bond acceptors (Lipinski definition) is 19. The van der Waals surface area contributed by atoms with Crippen LogP contribution in [-0.2, 0) is 76.1 Å². The molecule has 1 fully saturated rings. The summed E-state index contributed by atoms with van der Waals surface area (Å²) < 4.78 is 65.1. The molecule has 7 atom stereocenters. The van der Waals surface area contributed by atoms with Crippen LogP contribution in [0, 0.1) is 10.8 Å². The smallest absolute Gasteiger partial charge is 0.338 e. The first-order chi connectivity index (χ1) is 46.7. The van der Waals surface area contributed by atoms with Gasteiger partial charge in [0.25, 0.3) is 0 Å². The molecule has 1 saturated heterocycles. The number of rotatable bonds is 49. The number of ether oxygens (including phenoxy) is 11. The molecule has 0 aliphatic carbocycles. The van der Waals surface area contributed by atoms with Gasteiger partial charge in [-0.05, 0) is 103 Å². The van der Waals surface area contributed by atoms with Gasteiger partial charge in [-0.3, -0.25) is 14.4 Å². The van der Waals surface area contributed by atoms with Crippen molar-refractivity contribution < 1.29 is 90.5 Å². The Balaban J connectivity index is 1.75. The summed E-state index contributed by atoms with van der Waals surface area (Å²) in [5.41, 5.74) is -1.41. The summed E-state index contributed by atoms with van der Waals surface area (Å²) in [4.78, 5) is 109. The van der Waals surface area contributed by atoms with Crippen LogP contribution in [0.3, 0.4) is 0 Å². The number of esters is 7. The van der Waals surface area contributed by atoms with Gasteiger partial charge in [-0.15, -0.1) is 0 Å². The van der Waals surface area contributed by atoms with Crippen molar-refractivity contribution in [2.24, 2.45) is 10.8 Å². The lowest BCUT2D eigenvalue weighted by Crippen LogP contribution is -2.63. The first-order valence-corrected chi connectivity index (χ1v) is 35.6. The summed E-state index contributed by atoms with van der Waals surface area (Å²) >= 11 is 0. The lowest BCUT2D eigenvalue weighted by Gasteiger charge is -2.45. The quantitative estimate of drug-likeness (QED) is 0.0181. The van der Waals surface area contributed by atoms with E-state index < -0.39 is 135 Å². The van der Waals surface area contributed by atoms with E-state index in [0.29, 0.717) is 12.8 Å². The molecule has 540 valence electrons. The van der Waals surface area contributed by atoms with Gasteiger partial charge in [0.15, 0.2) is 18.5 Å². The van der Waals surface area contributed by atoms with Crippen molar-refractivity contribution in [3.63, 3.8) is 0 Å². The fourth-order valence-corrected chi connectivity index (χ4v) is 10.6. The molecule has 97 heavy (non-hydrogen) atoms. The van der Waals surface area contributed by atoms with Crippen LogP contribution in [0.25, 0.3) is 0 Å². The van der Waals surface area contributed by atoms with Crippen LogP contribution in [0.15, 0.2) is 103 Å². The maximum absolute atomic E-state index is 14.4. The highest BCUT2D eigenvalue weighted by Gasteiger charge is 2.53. The first kappa shape index (κ1) is 82.4.